The van der Waals surface area contributed by atoms with Gasteiger partial charge in [0.25, 0.3) is 5.91 Å². The van der Waals surface area contributed by atoms with Gasteiger partial charge in [-0.15, -0.1) is 0 Å². The number of carbonyl (C=O) groups is 1. The molecule has 0 saturated carbocycles. The zero-order valence-electron chi connectivity index (χ0n) is 17.5. The highest BCUT2D eigenvalue weighted by Gasteiger charge is 2.45. The number of hydrogen-bond acceptors (Lipinski definition) is 8. The van der Waals surface area contributed by atoms with Crippen molar-refractivity contribution in [3.05, 3.63) is 60.7 Å². The molecule has 32 heavy (non-hydrogen) atoms. The maximum atomic E-state index is 12.4. The lowest BCUT2D eigenvalue weighted by molar-refractivity contribution is -0.143. The molecule has 0 aromatic carbocycles. The van der Waals surface area contributed by atoms with Gasteiger partial charge in [0.05, 0.1) is 5.69 Å². The van der Waals surface area contributed by atoms with Crippen molar-refractivity contribution >= 4 is 17.7 Å². The molecule has 11 nitrogen and oxygen atoms in total. The monoisotopic (exact) mass is 431 g/mol. The lowest BCUT2D eigenvalue weighted by Gasteiger charge is -2.21. The van der Waals surface area contributed by atoms with Crippen LogP contribution in [0.15, 0.2) is 55.1 Å². The minimum Gasteiger partial charge on any atom is -0.375 e. The van der Waals surface area contributed by atoms with E-state index in [0.29, 0.717) is 47.5 Å². The first-order valence-corrected chi connectivity index (χ1v) is 10.0. The van der Waals surface area contributed by atoms with Crippen molar-refractivity contribution in [3.63, 3.8) is 0 Å². The van der Waals surface area contributed by atoms with Crippen LogP contribution < -0.4 is 5.32 Å². The zero-order chi connectivity index (χ0) is 22.3. The Hall–Kier alpha value is -4.12. The van der Waals surface area contributed by atoms with Gasteiger partial charge in [-0.25, -0.2) is 9.67 Å². The average Bonchev–Trinajstić information content (AvgIpc) is 3.52. The van der Waals surface area contributed by atoms with Gasteiger partial charge in [0, 0.05) is 64.0 Å². The topological polar surface area (TPSA) is 127 Å². The number of nitrogens with one attached hydrogen (secondary N) is 1. The molecule has 0 spiro atoms. The third-order valence-corrected chi connectivity index (χ3v) is 5.43. The van der Waals surface area contributed by atoms with Gasteiger partial charge in [0.15, 0.2) is 17.2 Å². The van der Waals surface area contributed by atoms with Crippen LogP contribution >= 0.6 is 0 Å². The van der Waals surface area contributed by atoms with E-state index in [-0.39, 0.29) is 5.91 Å². The van der Waals surface area contributed by atoms with Gasteiger partial charge in [-0.3, -0.25) is 14.5 Å². The van der Waals surface area contributed by atoms with Crippen LogP contribution in [0.3, 0.4) is 0 Å². The highest BCUT2D eigenvalue weighted by molar-refractivity contribution is 5.88. The van der Waals surface area contributed by atoms with Crippen molar-refractivity contribution < 1.29 is 9.90 Å². The van der Waals surface area contributed by atoms with E-state index in [1.54, 1.807) is 59.3 Å². The Labute approximate surface area is 183 Å². The largest absolute Gasteiger partial charge is 0.375 e. The van der Waals surface area contributed by atoms with E-state index < -0.39 is 5.60 Å². The van der Waals surface area contributed by atoms with E-state index in [0.717, 1.165) is 0 Å². The molecular formula is C21H21N9O2. The van der Waals surface area contributed by atoms with Crippen molar-refractivity contribution in [3.8, 4) is 17.2 Å². The summed E-state index contributed by atoms with van der Waals surface area (Å²) in [6.07, 6.45) is 7.13. The molecule has 0 aliphatic carbocycles. The molecule has 1 fully saturated rings. The van der Waals surface area contributed by atoms with E-state index >= 15 is 0 Å². The SMILES string of the molecule is CN1CC[C@@](O)(c2ccnc(-c3ccn(-c4ccnc(Nc5ccn(C)n5)n4)n3)c2)C1=O. The lowest BCUT2D eigenvalue weighted by Crippen LogP contribution is -2.36. The Kier molecular flexibility index (Phi) is 4.67. The zero-order valence-corrected chi connectivity index (χ0v) is 17.5. The van der Waals surface area contributed by atoms with Crippen LogP contribution in [0, 0.1) is 0 Å². The Morgan fingerprint density at radius 3 is 2.62 bits per heavy atom. The summed E-state index contributed by atoms with van der Waals surface area (Å²) in [7, 11) is 3.51. The third-order valence-electron chi connectivity index (χ3n) is 5.43. The number of likely N-dealkylation sites (N-methyl/N-ethyl adjacent to an activating group) is 1. The van der Waals surface area contributed by atoms with Crippen LogP contribution in [0.2, 0.25) is 0 Å². The van der Waals surface area contributed by atoms with Gasteiger partial charge in [0.2, 0.25) is 5.95 Å². The summed E-state index contributed by atoms with van der Waals surface area (Å²) in [5.74, 6) is 1.28. The predicted molar refractivity (Wildman–Crippen MR) is 115 cm³/mol. The van der Waals surface area contributed by atoms with Gasteiger partial charge >= 0.3 is 0 Å². The predicted octanol–water partition coefficient (Wildman–Crippen LogP) is 1.25. The number of anilines is 2. The third kappa shape index (κ3) is 3.48. The molecule has 1 aliphatic heterocycles. The average molecular weight is 431 g/mol. The molecule has 1 amide bonds. The molecule has 4 aromatic rings. The molecule has 0 unspecified atom stereocenters. The number of pyridine rings is 1. The number of amides is 1. The van der Waals surface area contributed by atoms with E-state index in [2.05, 4.69) is 30.5 Å². The van der Waals surface area contributed by atoms with Gasteiger partial charge in [0.1, 0.15) is 5.69 Å². The first-order chi connectivity index (χ1) is 15.4. The molecule has 1 atom stereocenters. The smallest absolute Gasteiger partial charge is 0.258 e. The number of hydrogen-bond donors (Lipinski definition) is 2. The van der Waals surface area contributed by atoms with Crippen molar-refractivity contribution in [1.29, 1.82) is 0 Å². The van der Waals surface area contributed by atoms with Crippen LogP contribution in [0.25, 0.3) is 17.2 Å². The van der Waals surface area contributed by atoms with E-state index in [9.17, 15) is 9.90 Å². The summed E-state index contributed by atoms with van der Waals surface area (Å²) in [4.78, 5) is 27.0. The van der Waals surface area contributed by atoms with Crippen molar-refractivity contribution in [2.45, 2.75) is 12.0 Å². The molecule has 1 saturated heterocycles. The molecule has 4 aromatic heterocycles. The second-order valence-electron chi connectivity index (χ2n) is 7.65. The first-order valence-electron chi connectivity index (χ1n) is 10.0. The quantitative estimate of drug-likeness (QED) is 0.483. The Morgan fingerprint density at radius 2 is 1.88 bits per heavy atom. The number of likely N-dealkylation sites (tertiary alicyclic amines) is 1. The lowest BCUT2D eigenvalue weighted by atomic mass is 9.92. The summed E-state index contributed by atoms with van der Waals surface area (Å²) in [6.45, 7) is 0.504. The molecule has 2 N–H and O–H groups in total. The summed E-state index contributed by atoms with van der Waals surface area (Å²) < 4.78 is 3.29. The maximum Gasteiger partial charge on any atom is 0.258 e. The maximum absolute atomic E-state index is 12.4. The molecule has 5 heterocycles. The van der Waals surface area contributed by atoms with Crippen LogP contribution in [0.4, 0.5) is 11.8 Å². The second kappa shape index (κ2) is 7.54. The molecule has 0 bridgehead atoms. The molecule has 11 heteroatoms. The Balaban J connectivity index is 1.41. The highest BCUT2D eigenvalue weighted by atomic mass is 16.3. The first kappa shape index (κ1) is 19.8. The summed E-state index contributed by atoms with van der Waals surface area (Å²) in [5.41, 5.74) is 0.119. The minimum atomic E-state index is -1.53. The Bertz CT molecular complexity index is 1300. The summed E-state index contributed by atoms with van der Waals surface area (Å²) >= 11 is 0. The second-order valence-corrected chi connectivity index (χ2v) is 7.65. The van der Waals surface area contributed by atoms with Crippen LogP contribution in [-0.2, 0) is 17.4 Å². The number of nitrogens with zero attached hydrogens (tertiary/aromatic N) is 8. The van der Waals surface area contributed by atoms with Crippen molar-refractivity contribution in [2.75, 3.05) is 18.9 Å². The molecular weight excluding hydrogens is 410 g/mol. The number of carbonyl (C=O) groups excluding carboxylic acids is 1. The number of aryl methyl sites for hydroxylation is 1. The van der Waals surface area contributed by atoms with Crippen LogP contribution in [0.1, 0.15) is 12.0 Å². The van der Waals surface area contributed by atoms with Gasteiger partial charge in [-0.2, -0.15) is 15.2 Å². The van der Waals surface area contributed by atoms with Crippen LogP contribution in [0.5, 0.6) is 0 Å². The molecule has 162 valence electrons. The molecule has 5 rings (SSSR count). The number of rotatable bonds is 5. The fourth-order valence-electron chi connectivity index (χ4n) is 3.67. The van der Waals surface area contributed by atoms with E-state index in [1.165, 1.54) is 4.90 Å². The fraction of sp³-hybridized carbons (Fsp3) is 0.238. The normalized spacial score (nSPS) is 18.3. The number of aliphatic hydroxyl groups is 1. The summed E-state index contributed by atoms with van der Waals surface area (Å²) in [6, 6.07) is 8.73. The Morgan fingerprint density at radius 1 is 1.03 bits per heavy atom. The number of aromatic nitrogens is 7. The van der Waals surface area contributed by atoms with Crippen LogP contribution in [-0.4, -0.2) is 64.0 Å². The van der Waals surface area contributed by atoms with Gasteiger partial charge < -0.3 is 15.3 Å². The fourth-order valence-corrected chi connectivity index (χ4v) is 3.67. The summed E-state index contributed by atoms with van der Waals surface area (Å²) in [5, 5.41) is 22.8. The van der Waals surface area contributed by atoms with Crippen molar-refractivity contribution in [2.24, 2.45) is 7.05 Å². The van der Waals surface area contributed by atoms with E-state index in [4.69, 9.17) is 0 Å². The van der Waals surface area contributed by atoms with Gasteiger partial charge in [-0.05, 0) is 23.8 Å². The molecule has 1 aliphatic rings. The standard InChI is InChI=1S/C21H21N9O2/c1-28-12-7-21(32,19(28)31)14-3-8-22-16(13-14)15-5-11-30(26-15)18-4-9-23-20(25-18)24-17-6-10-29(2)27-17/h3-6,8-11,13,32H,7,12H2,1-2H3,(H,23,24,25,27)/t21-/m1/s1. The highest BCUT2D eigenvalue weighted by Crippen LogP contribution is 2.33. The molecule has 0 radical (unpaired) electrons. The minimum absolute atomic E-state index is 0.311. The van der Waals surface area contributed by atoms with Crippen molar-refractivity contribution in [1.82, 2.24) is 39.4 Å². The van der Waals surface area contributed by atoms with E-state index in [1.807, 2.05) is 19.3 Å². The van der Waals surface area contributed by atoms with Gasteiger partial charge in [-0.1, -0.05) is 0 Å².